The van der Waals surface area contributed by atoms with E-state index in [2.05, 4.69) is 14.9 Å². The molecule has 0 spiro atoms. The van der Waals surface area contributed by atoms with Gasteiger partial charge in [-0.25, -0.2) is 4.98 Å². The third-order valence-corrected chi connectivity index (χ3v) is 5.24. The molecule has 0 aliphatic carbocycles. The Morgan fingerprint density at radius 1 is 0.962 bits per heavy atom. The zero-order valence-corrected chi connectivity index (χ0v) is 16.0. The second-order valence-corrected chi connectivity index (χ2v) is 8.19. The summed E-state index contributed by atoms with van der Waals surface area (Å²) in [6.45, 7) is 10.2. The largest absolute Gasteiger partial charge is 0.352 e. The SMILES string of the molecule is CC(C)(C)C(=O)N1CCC(C(=O)N2CCN(c3cnccn3)CC2)CC1. The minimum absolute atomic E-state index is 0.0436. The maximum atomic E-state index is 12.8. The second kappa shape index (κ2) is 7.60. The summed E-state index contributed by atoms with van der Waals surface area (Å²) < 4.78 is 0. The molecule has 0 atom stereocenters. The molecule has 3 heterocycles. The maximum absolute atomic E-state index is 12.8. The Hall–Kier alpha value is -2.18. The molecule has 0 radical (unpaired) electrons. The van der Waals surface area contributed by atoms with Crippen molar-refractivity contribution in [2.75, 3.05) is 44.2 Å². The van der Waals surface area contributed by atoms with Gasteiger partial charge in [0.05, 0.1) is 6.20 Å². The molecule has 2 aliphatic heterocycles. The van der Waals surface area contributed by atoms with Crippen molar-refractivity contribution < 1.29 is 9.59 Å². The third kappa shape index (κ3) is 4.14. The summed E-state index contributed by atoms with van der Waals surface area (Å²) in [6, 6.07) is 0. The highest BCUT2D eigenvalue weighted by atomic mass is 16.2. The first kappa shape index (κ1) is 18.6. The molecule has 0 unspecified atom stereocenters. The first-order valence-electron chi connectivity index (χ1n) is 9.45. The van der Waals surface area contributed by atoms with E-state index in [4.69, 9.17) is 0 Å². The molecular weight excluding hydrogens is 330 g/mol. The van der Waals surface area contributed by atoms with E-state index < -0.39 is 0 Å². The van der Waals surface area contributed by atoms with Crippen molar-refractivity contribution in [1.29, 1.82) is 0 Å². The lowest BCUT2D eigenvalue weighted by Crippen LogP contribution is -2.52. The fourth-order valence-electron chi connectivity index (χ4n) is 3.67. The monoisotopic (exact) mass is 359 g/mol. The van der Waals surface area contributed by atoms with Crippen LogP contribution in [0.2, 0.25) is 0 Å². The minimum atomic E-state index is -0.354. The third-order valence-electron chi connectivity index (χ3n) is 5.24. The van der Waals surface area contributed by atoms with E-state index in [0.29, 0.717) is 13.1 Å². The Morgan fingerprint density at radius 3 is 2.15 bits per heavy atom. The number of rotatable bonds is 2. The topological polar surface area (TPSA) is 69.6 Å². The predicted octanol–water partition coefficient (Wildman–Crippen LogP) is 1.41. The van der Waals surface area contributed by atoms with Crippen LogP contribution in [-0.2, 0) is 9.59 Å². The fraction of sp³-hybridized carbons (Fsp3) is 0.684. The second-order valence-electron chi connectivity index (χ2n) is 8.19. The molecule has 2 saturated heterocycles. The van der Waals surface area contributed by atoms with Gasteiger partial charge < -0.3 is 14.7 Å². The number of piperazine rings is 1. The number of nitrogens with zero attached hydrogens (tertiary/aromatic N) is 5. The molecule has 142 valence electrons. The van der Waals surface area contributed by atoms with Gasteiger partial charge in [-0.3, -0.25) is 14.6 Å². The van der Waals surface area contributed by atoms with Crippen molar-refractivity contribution in [1.82, 2.24) is 19.8 Å². The van der Waals surface area contributed by atoms with Crippen molar-refractivity contribution in [3.05, 3.63) is 18.6 Å². The van der Waals surface area contributed by atoms with Crippen LogP contribution in [0.3, 0.4) is 0 Å². The molecule has 26 heavy (non-hydrogen) atoms. The number of hydrogen-bond donors (Lipinski definition) is 0. The molecule has 2 aliphatic rings. The molecule has 1 aromatic rings. The molecule has 0 aromatic carbocycles. The van der Waals surface area contributed by atoms with Gasteiger partial charge in [0.1, 0.15) is 5.82 Å². The molecule has 2 fully saturated rings. The fourth-order valence-corrected chi connectivity index (χ4v) is 3.67. The number of likely N-dealkylation sites (tertiary alicyclic amines) is 1. The maximum Gasteiger partial charge on any atom is 0.227 e. The van der Waals surface area contributed by atoms with Gasteiger partial charge in [-0.2, -0.15) is 0 Å². The van der Waals surface area contributed by atoms with E-state index in [9.17, 15) is 9.59 Å². The Labute approximate surface area is 155 Å². The normalized spacial score (nSPS) is 19.6. The Kier molecular flexibility index (Phi) is 5.44. The van der Waals surface area contributed by atoms with Gasteiger partial charge >= 0.3 is 0 Å². The zero-order chi connectivity index (χ0) is 18.7. The van der Waals surface area contributed by atoms with E-state index in [1.807, 2.05) is 30.6 Å². The van der Waals surface area contributed by atoms with E-state index >= 15 is 0 Å². The first-order chi connectivity index (χ1) is 12.4. The Balaban J connectivity index is 1.48. The molecule has 7 nitrogen and oxygen atoms in total. The van der Waals surface area contributed by atoms with Gasteiger partial charge in [0, 0.05) is 63.0 Å². The smallest absolute Gasteiger partial charge is 0.227 e. The Morgan fingerprint density at radius 2 is 1.62 bits per heavy atom. The van der Waals surface area contributed by atoms with Crippen LogP contribution in [-0.4, -0.2) is 70.9 Å². The Bertz CT molecular complexity index is 627. The minimum Gasteiger partial charge on any atom is -0.352 e. The summed E-state index contributed by atoms with van der Waals surface area (Å²) in [5.41, 5.74) is -0.354. The highest BCUT2D eigenvalue weighted by Crippen LogP contribution is 2.25. The van der Waals surface area contributed by atoms with Crippen LogP contribution in [0.1, 0.15) is 33.6 Å². The van der Waals surface area contributed by atoms with Gasteiger partial charge in [0.25, 0.3) is 0 Å². The number of amides is 2. The van der Waals surface area contributed by atoms with Gasteiger partial charge in [-0.1, -0.05) is 20.8 Å². The van der Waals surface area contributed by atoms with E-state index in [1.54, 1.807) is 18.6 Å². The van der Waals surface area contributed by atoms with Crippen molar-refractivity contribution in [2.45, 2.75) is 33.6 Å². The number of carbonyl (C=O) groups is 2. The molecular formula is C19H29N5O2. The van der Waals surface area contributed by atoms with Gasteiger partial charge in [-0.05, 0) is 12.8 Å². The molecule has 2 amide bonds. The number of carbonyl (C=O) groups excluding carboxylic acids is 2. The van der Waals surface area contributed by atoms with Crippen LogP contribution in [0.4, 0.5) is 5.82 Å². The summed E-state index contributed by atoms with van der Waals surface area (Å²) in [4.78, 5) is 39.7. The molecule has 0 N–H and O–H groups in total. The summed E-state index contributed by atoms with van der Waals surface area (Å²) >= 11 is 0. The van der Waals surface area contributed by atoms with Crippen LogP contribution in [0, 0.1) is 11.3 Å². The lowest BCUT2D eigenvalue weighted by atomic mass is 9.90. The standard InChI is InChI=1S/C19H29N5O2/c1-19(2,3)18(26)24-8-4-15(5-9-24)17(25)23-12-10-22(11-13-23)16-14-20-6-7-21-16/h6-7,14-15H,4-5,8-13H2,1-3H3. The lowest BCUT2D eigenvalue weighted by Gasteiger charge is -2.39. The summed E-state index contributed by atoms with van der Waals surface area (Å²) in [6.07, 6.45) is 6.66. The van der Waals surface area contributed by atoms with Crippen molar-refractivity contribution in [2.24, 2.45) is 11.3 Å². The number of piperidine rings is 1. The van der Waals surface area contributed by atoms with Gasteiger partial charge in [0.15, 0.2) is 0 Å². The van der Waals surface area contributed by atoms with E-state index in [-0.39, 0.29) is 23.1 Å². The number of hydrogen-bond acceptors (Lipinski definition) is 5. The van der Waals surface area contributed by atoms with Crippen LogP contribution in [0.25, 0.3) is 0 Å². The summed E-state index contributed by atoms with van der Waals surface area (Å²) in [7, 11) is 0. The molecule has 0 saturated carbocycles. The van der Waals surface area contributed by atoms with Gasteiger partial charge in [-0.15, -0.1) is 0 Å². The van der Waals surface area contributed by atoms with Crippen LogP contribution >= 0.6 is 0 Å². The average Bonchev–Trinajstić information content (AvgIpc) is 2.67. The molecule has 3 rings (SSSR count). The summed E-state index contributed by atoms with van der Waals surface area (Å²) in [5, 5.41) is 0. The zero-order valence-electron chi connectivity index (χ0n) is 16.0. The van der Waals surface area contributed by atoms with Crippen molar-refractivity contribution in [3.63, 3.8) is 0 Å². The van der Waals surface area contributed by atoms with Crippen molar-refractivity contribution >= 4 is 17.6 Å². The van der Waals surface area contributed by atoms with Crippen LogP contribution in [0.15, 0.2) is 18.6 Å². The number of anilines is 1. The van der Waals surface area contributed by atoms with Crippen molar-refractivity contribution in [3.8, 4) is 0 Å². The molecule has 1 aromatic heterocycles. The van der Waals surface area contributed by atoms with Crippen LogP contribution in [0.5, 0.6) is 0 Å². The highest BCUT2D eigenvalue weighted by molar-refractivity contribution is 5.83. The quantitative estimate of drug-likeness (QED) is 0.799. The summed E-state index contributed by atoms with van der Waals surface area (Å²) in [5.74, 6) is 1.34. The molecule has 0 bridgehead atoms. The van der Waals surface area contributed by atoms with E-state index in [0.717, 1.165) is 44.8 Å². The molecule has 7 heteroatoms. The van der Waals surface area contributed by atoms with Crippen LogP contribution < -0.4 is 4.90 Å². The first-order valence-corrected chi connectivity index (χ1v) is 9.45. The van der Waals surface area contributed by atoms with E-state index in [1.165, 1.54) is 0 Å². The average molecular weight is 359 g/mol. The van der Waals surface area contributed by atoms with Gasteiger partial charge in [0.2, 0.25) is 11.8 Å². The highest BCUT2D eigenvalue weighted by Gasteiger charge is 2.34. The number of aromatic nitrogens is 2. The predicted molar refractivity (Wildman–Crippen MR) is 99.6 cm³/mol. The lowest BCUT2D eigenvalue weighted by molar-refractivity contribution is -0.145.